The summed E-state index contributed by atoms with van der Waals surface area (Å²) in [7, 11) is 0. The van der Waals surface area contributed by atoms with Gasteiger partial charge in [0.25, 0.3) is 0 Å². The molecule has 0 atom stereocenters. The zero-order valence-corrected chi connectivity index (χ0v) is 11.4. The van der Waals surface area contributed by atoms with Crippen molar-refractivity contribution in [3.8, 4) is 0 Å². The highest BCUT2D eigenvalue weighted by Gasteiger charge is 2.31. The SMILES string of the molecule is CC1(C)CN(C(=N)C2CCCCC2)CCS1. The van der Waals surface area contributed by atoms with Gasteiger partial charge in [0, 0.05) is 29.5 Å². The van der Waals surface area contributed by atoms with Crippen LogP contribution >= 0.6 is 11.8 Å². The van der Waals surface area contributed by atoms with E-state index in [2.05, 4.69) is 18.7 Å². The average Bonchev–Trinajstić information content (AvgIpc) is 2.28. The fourth-order valence-corrected chi connectivity index (χ4v) is 3.97. The van der Waals surface area contributed by atoms with Crippen molar-refractivity contribution in [1.82, 2.24) is 4.90 Å². The van der Waals surface area contributed by atoms with Crippen LogP contribution in [0.15, 0.2) is 0 Å². The summed E-state index contributed by atoms with van der Waals surface area (Å²) in [6.45, 7) is 6.76. The Morgan fingerprint density at radius 2 is 1.94 bits per heavy atom. The Morgan fingerprint density at radius 3 is 2.56 bits per heavy atom. The van der Waals surface area contributed by atoms with Gasteiger partial charge in [-0.15, -0.1) is 0 Å². The molecule has 2 nitrogen and oxygen atoms in total. The molecule has 2 aliphatic rings. The molecule has 1 aliphatic heterocycles. The highest BCUT2D eigenvalue weighted by molar-refractivity contribution is 8.00. The molecule has 3 heteroatoms. The van der Waals surface area contributed by atoms with Gasteiger partial charge in [0.05, 0.1) is 5.84 Å². The van der Waals surface area contributed by atoms with Crippen molar-refractivity contribution in [1.29, 1.82) is 5.41 Å². The summed E-state index contributed by atoms with van der Waals surface area (Å²) in [5.41, 5.74) is 0. The van der Waals surface area contributed by atoms with E-state index in [1.165, 1.54) is 37.9 Å². The number of thioether (sulfide) groups is 1. The Kier molecular flexibility index (Phi) is 3.83. The standard InChI is InChI=1S/C13H24N2S/c1-13(2)10-15(8-9-16-13)12(14)11-6-4-3-5-7-11/h11,14H,3-10H2,1-2H3. The maximum Gasteiger partial charge on any atom is 0.0990 e. The van der Waals surface area contributed by atoms with Crippen LogP contribution in [0.25, 0.3) is 0 Å². The van der Waals surface area contributed by atoms with Crippen molar-refractivity contribution in [2.24, 2.45) is 5.92 Å². The van der Waals surface area contributed by atoms with E-state index in [1.807, 2.05) is 11.8 Å². The molecule has 16 heavy (non-hydrogen) atoms. The number of nitrogens with one attached hydrogen (secondary N) is 1. The molecule has 0 aromatic rings. The smallest absolute Gasteiger partial charge is 0.0990 e. The topological polar surface area (TPSA) is 27.1 Å². The molecule has 0 spiro atoms. The van der Waals surface area contributed by atoms with Crippen molar-refractivity contribution in [3.05, 3.63) is 0 Å². The van der Waals surface area contributed by atoms with Gasteiger partial charge in [-0.1, -0.05) is 19.3 Å². The summed E-state index contributed by atoms with van der Waals surface area (Å²) in [5.74, 6) is 2.68. The minimum Gasteiger partial charge on any atom is -0.358 e. The lowest BCUT2D eigenvalue weighted by atomic mass is 9.87. The molecule has 1 heterocycles. The van der Waals surface area contributed by atoms with Gasteiger partial charge in [-0.25, -0.2) is 0 Å². The monoisotopic (exact) mass is 240 g/mol. The van der Waals surface area contributed by atoms with Gasteiger partial charge >= 0.3 is 0 Å². The third kappa shape index (κ3) is 2.93. The fraction of sp³-hybridized carbons (Fsp3) is 0.923. The van der Waals surface area contributed by atoms with Gasteiger partial charge in [-0.05, 0) is 26.7 Å². The Hall–Kier alpha value is -0.180. The summed E-state index contributed by atoms with van der Waals surface area (Å²) in [4.78, 5) is 2.34. The number of hydrogen-bond acceptors (Lipinski definition) is 2. The minimum atomic E-state index is 0.333. The molecule has 0 unspecified atom stereocenters. The van der Waals surface area contributed by atoms with Crippen LogP contribution in [-0.2, 0) is 0 Å². The third-order valence-corrected chi connectivity index (χ3v) is 5.06. The first-order valence-corrected chi connectivity index (χ1v) is 7.54. The summed E-state index contributed by atoms with van der Waals surface area (Å²) in [5, 5.41) is 8.37. The third-order valence-electron chi connectivity index (χ3n) is 3.76. The van der Waals surface area contributed by atoms with E-state index in [9.17, 15) is 0 Å². The van der Waals surface area contributed by atoms with Gasteiger partial charge in [0.15, 0.2) is 0 Å². The van der Waals surface area contributed by atoms with Gasteiger partial charge in [0.2, 0.25) is 0 Å². The molecule has 92 valence electrons. The zero-order valence-electron chi connectivity index (χ0n) is 10.6. The molecule has 0 bridgehead atoms. The largest absolute Gasteiger partial charge is 0.358 e. The predicted molar refractivity (Wildman–Crippen MR) is 72.4 cm³/mol. The lowest BCUT2D eigenvalue weighted by molar-refractivity contribution is 0.337. The Morgan fingerprint density at radius 1 is 1.25 bits per heavy atom. The highest BCUT2D eigenvalue weighted by atomic mass is 32.2. The van der Waals surface area contributed by atoms with Crippen LogP contribution in [0.5, 0.6) is 0 Å². The van der Waals surface area contributed by atoms with E-state index >= 15 is 0 Å². The first kappa shape index (κ1) is 12.3. The number of amidine groups is 1. The van der Waals surface area contributed by atoms with Crippen molar-refractivity contribution in [3.63, 3.8) is 0 Å². The second-order valence-electron chi connectivity index (χ2n) is 5.75. The number of nitrogens with zero attached hydrogens (tertiary/aromatic N) is 1. The molecule has 0 aromatic heterocycles. The molecular weight excluding hydrogens is 216 g/mol. The molecule has 1 saturated heterocycles. The molecule has 2 fully saturated rings. The van der Waals surface area contributed by atoms with Crippen molar-refractivity contribution in [2.45, 2.75) is 50.7 Å². The van der Waals surface area contributed by atoms with Gasteiger partial charge in [0.1, 0.15) is 0 Å². The summed E-state index contributed by atoms with van der Waals surface area (Å²) < 4.78 is 0.333. The second-order valence-corrected chi connectivity index (χ2v) is 7.55. The minimum absolute atomic E-state index is 0.333. The quantitative estimate of drug-likeness (QED) is 0.562. The highest BCUT2D eigenvalue weighted by Crippen LogP contribution is 2.32. The van der Waals surface area contributed by atoms with E-state index in [1.54, 1.807) is 0 Å². The molecule has 0 amide bonds. The normalized spacial score (nSPS) is 26.8. The molecule has 0 aromatic carbocycles. The summed E-state index contributed by atoms with van der Waals surface area (Å²) in [6.07, 6.45) is 6.55. The summed E-state index contributed by atoms with van der Waals surface area (Å²) >= 11 is 2.05. The molecule has 1 N–H and O–H groups in total. The Balaban J connectivity index is 1.93. The number of hydrogen-bond donors (Lipinski definition) is 1. The molecule has 1 saturated carbocycles. The van der Waals surface area contributed by atoms with Crippen LogP contribution < -0.4 is 0 Å². The number of rotatable bonds is 1. The van der Waals surface area contributed by atoms with Crippen LogP contribution in [0.2, 0.25) is 0 Å². The van der Waals surface area contributed by atoms with E-state index in [0.717, 1.165) is 18.9 Å². The van der Waals surface area contributed by atoms with Gasteiger partial charge in [-0.3, -0.25) is 5.41 Å². The Bertz CT molecular complexity index is 257. The maximum atomic E-state index is 8.37. The van der Waals surface area contributed by atoms with E-state index in [4.69, 9.17) is 5.41 Å². The summed E-state index contributed by atoms with van der Waals surface area (Å²) in [6, 6.07) is 0. The molecule has 0 radical (unpaired) electrons. The average molecular weight is 240 g/mol. The lowest BCUT2D eigenvalue weighted by Crippen LogP contribution is -2.48. The van der Waals surface area contributed by atoms with Gasteiger partial charge in [-0.2, -0.15) is 11.8 Å². The van der Waals surface area contributed by atoms with E-state index in [-0.39, 0.29) is 0 Å². The zero-order chi connectivity index (χ0) is 11.6. The van der Waals surface area contributed by atoms with Crippen molar-refractivity contribution in [2.75, 3.05) is 18.8 Å². The van der Waals surface area contributed by atoms with Crippen LogP contribution in [-0.4, -0.2) is 34.3 Å². The van der Waals surface area contributed by atoms with Crippen molar-refractivity contribution >= 4 is 17.6 Å². The first-order chi connectivity index (χ1) is 7.58. The van der Waals surface area contributed by atoms with E-state index < -0.39 is 0 Å². The van der Waals surface area contributed by atoms with Crippen LogP contribution in [0.4, 0.5) is 0 Å². The first-order valence-electron chi connectivity index (χ1n) is 6.56. The molecule has 1 aliphatic carbocycles. The van der Waals surface area contributed by atoms with E-state index in [0.29, 0.717) is 10.7 Å². The van der Waals surface area contributed by atoms with Crippen LogP contribution in [0.3, 0.4) is 0 Å². The fourth-order valence-electron chi connectivity index (χ4n) is 2.86. The maximum absolute atomic E-state index is 8.37. The van der Waals surface area contributed by atoms with Gasteiger partial charge < -0.3 is 4.90 Å². The molecule has 2 rings (SSSR count). The lowest BCUT2D eigenvalue weighted by Gasteiger charge is -2.41. The van der Waals surface area contributed by atoms with Crippen LogP contribution in [0, 0.1) is 11.3 Å². The van der Waals surface area contributed by atoms with Crippen LogP contribution in [0.1, 0.15) is 46.0 Å². The van der Waals surface area contributed by atoms with Crippen molar-refractivity contribution < 1.29 is 0 Å². The second kappa shape index (κ2) is 4.99. The molecular formula is C13H24N2S. The Labute approximate surface area is 104 Å². The predicted octanol–water partition coefficient (Wildman–Crippen LogP) is 3.37.